The van der Waals surface area contributed by atoms with E-state index in [2.05, 4.69) is 5.32 Å². The van der Waals surface area contributed by atoms with Crippen LogP contribution >= 0.6 is 11.6 Å². The van der Waals surface area contributed by atoms with Gasteiger partial charge in [0, 0.05) is 0 Å². The summed E-state index contributed by atoms with van der Waals surface area (Å²) in [5.74, 6) is 0.512. The van der Waals surface area contributed by atoms with Crippen LogP contribution in [0.25, 0.3) is 0 Å². The molecule has 2 saturated heterocycles. The molecule has 1 amide bonds. The summed E-state index contributed by atoms with van der Waals surface area (Å²) in [6.45, 7) is 2.82. The molecule has 2 aliphatic rings. The standard InChI is InChI=1S/C15H19ClN2O2/c16-12-3-1-2-4-13(12)18-9-14(20-10-15(18)19)11-5-7-17-8-6-11/h1-4,11,14,17H,5-10H2. The van der Waals surface area contributed by atoms with Crippen molar-refractivity contribution in [2.24, 2.45) is 5.92 Å². The predicted molar refractivity (Wildman–Crippen MR) is 79.1 cm³/mol. The fraction of sp³-hybridized carbons (Fsp3) is 0.533. The highest BCUT2D eigenvalue weighted by atomic mass is 35.5. The van der Waals surface area contributed by atoms with E-state index in [-0.39, 0.29) is 18.6 Å². The third kappa shape index (κ3) is 2.82. The minimum Gasteiger partial charge on any atom is -0.366 e. The molecule has 3 rings (SSSR count). The second-order valence-corrected chi connectivity index (χ2v) is 5.80. The van der Waals surface area contributed by atoms with E-state index in [1.807, 2.05) is 24.3 Å². The SMILES string of the molecule is O=C1COC(C2CCNCC2)CN1c1ccccc1Cl. The van der Waals surface area contributed by atoms with Crippen LogP contribution in [0.1, 0.15) is 12.8 Å². The Morgan fingerprint density at radius 3 is 2.75 bits per heavy atom. The Labute approximate surface area is 124 Å². The van der Waals surface area contributed by atoms with Crippen LogP contribution in [0, 0.1) is 5.92 Å². The molecule has 1 atom stereocenters. The number of ether oxygens (including phenoxy) is 1. The zero-order valence-electron chi connectivity index (χ0n) is 11.3. The number of benzene rings is 1. The van der Waals surface area contributed by atoms with Crippen molar-refractivity contribution in [1.82, 2.24) is 5.32 Å². The predicted octanol–water partition coefficient (Wildman–Crippen LogP) is 2.07. The molecule has 2 heterocycles. The van der Waals surface area contributed by atoms with Gasteiger partial charge in [-0.2, -0.15) is 0 Å². The molecule has 0 bridgehead atoms. The van der Waals surface area contributed by atoms with Gasteiger partial charge in [0.15, 0.2) is 0 Å². The van der Waals surface area contributed by atoms with Crippen LogP contribution in [0.5, 0.6) is 0 Å². The average Bonchev–Trinajstić information content (AvgIpc) is 2.49. The van der Waals surface area contributed by atoms with Crippen molar-refractivity contribution in [1.29, 1.82) is 0 Å². The van der Waals surface area contributed by atoms with Crippen LogP contribution in [0.2, 0.25) is 5.02 Å². The first kappa shape index (κ1) is 13.9. The van der Waals surface area contributed by atoms with E-state index in [1.54, 1.807) is 4.90 Å². The van der Waals surface area contributed by atoms with E-state index in [9.17, 15) is 4.79 Å². The van der Waals surface area contributed by atoms with Crippen molar-refractivity contribution in [2.75, 3.05) is 31.1 Å². The van der Waals surface area contributed by atoms with Crippen LogP contribution in [-0.4, -0.2) is 38.3 Å². The normalized spacial score (nSPS) is 24.9. The lowest BCUT2D eigenvalue weighted by atomic mass is 9.91. The van der Waals surface area contributed by atoms with Gasteiger partial charge in [0.1, 0.15) is 6.61 Å². The molecule has 2 aliphatic heterocycles. The summed E-state index contributed by atoms with van der Waals surface area (Å²) in [7, 11) is 0. The first-order valence-corrected chi connectivity index (χ1v) is 7.50. The van der Waals surface area contributed by atoms with Crippen molar-refractivity contribution < 1.29 is 9.53 Å². The number of hydrogen-bond donors (Lipinski definition) is 1. The minimum absolute atomic E-state index is 0.0108. The van der Waals surface area contributed by atoms with Crippen molar-refractivity contribution >= 4 is 23.2 Å². The summed E-state index contributed by atoms with van der Waals surface area (Å²) >= 11 is 6.21. The molecule has 0 spiro atoms. The van der Waals surface area contributed by atoms with Crippen LogP contribution in [0.15, 0.2) is 24.3 Å². The number of hydrogen-bond acceptors (Lipinski definition) is 3. The minimum atomic E-state index is -0.0108. The molecule has 1 aromatic rings. The number of nitrogens with one attached hydrogen (secondary N) is 1. The van der Waals surface area contributed by atoms with Gasteiger partial charge in [0.05, 0.1) is 23.4 Å². The maximum atomic E-state index is 12.1. The lowest BCUT2D eigenvalue weighted by Crippen LogP contribution is -2.51. The lowest BCUT2D eigenvalue weighted by molar-refractivity contribution is -0.131. The average molecular weight is 295 g/mol. The van der Waals surface area contributed by atoms with Crippen molar-refractivity contribution in [3.63, 3.8) is 0 Å². The van der Waals surface area contributed by atoms with E-state index < -0.39 is 0 Å². The molecule has 0 aromatic heterocycles. The highest BCUT2D eigenvalue weighted by molar-refractivity contribution is 6.33. The number of nitrogens with zero attached hydrogens (tertiary/aromatic N) is 1. The Kier molecular flexibility index (Phi) is 4.24. The smallest absolute Gasteiger partial charge is 0.253 e. The summed E-state index contributed by atoms with van der Waals surface area (Å²) in [6, 6.07) is 7.49. The van der Waals surface area contributed by atoms with Gasteiger partial charge in [-0.05, 0) is 44.0 Å². The molecule has 108 valence electrons. The van der Waals surface area contributed by atoms with Crippen molar-refractivity contribution in [3.05, 3.63) is 29.3 Å². The molecule has 1 N–H and O–H groups in total. The molecule has 0 aliphatic carbocycles. The van der Waals surface area contributed by atoms with Crippen LogP contribution < -0.4 is 10.2 Å². The van der Waals surface area contributed by atoms with Crippen molar-refractivity contribution in [2.45, 2.75) is 18.9 Å². The highest BCUT2D eigenvalue weighted by Crippen LogP contribution is 2.30. The lowest BCUT2D eigenvalue weighted by Gasteiger charge is -2.38. The second-order valence-electron chi connectivity index (χ2n) is 5.39. The van der Waals surface area contributed by atoms with E-state index in [1.165, 1.54) is 0 Å². The molecule has 2 fully saturated rings. The number of halogens is 1. The summed E-state index contributed by atoms with van der Waals surface area (Å²) in [6.07, 6.45) is 2.33. The first-order chi connectivity index (χ1) is 9.75. The number of para-hydroxylation sites is 1. The Bertz CT molecular complexity index is 489. The molecule has 4 nitrogen and oxygen atoms in total. The number of carbonyl (C=O) groups excluding carboxylic acids is 1. The molecular formula is C15H19ClN2O2. The van der Waals surface area contributed by atoms with Crippen LogP contribution in [0.3, 0.4) is 0 Å². The van der Waals surface area contributed by atoms with Gasteiger partial charge in [0.2, 0.25) is 0 Å². The van der Waals surface area contributed by atoms with Crippen molar-refractivity contribution in [3.8, 4) is 0 Å². The Morgan fingerprint density at radius 2 is 2.00 bits per heavy atom. The van der Waals surface area contributed by atoms with Gasteiger partial charge in [-0.3, -0.25) is 4.79 Å². The molecule has 1 unspecified atom stereocenters. The van der Waals surface area contributed by atoms with E-state index in [0.29, 0.717) is 17.5 Å². The van der Waals surface area contributed by atoms with Crippen LogP contribution in [0.4, 0.5) is 5.69 Å². The van der Waals surface area contributed by atoms with Gasteiger partial charge in [-0.25, -0.2) is 0 Å². The molecular weight excluding hydrogens is 276 g/mol. The summed E-state index contributed by atoms with van der Waals surface area (Å²) < 4.78 is 5.76. The molecule has 1 aromatic carbocycles. The van der Waals surface area contributed by atoms with Crippen LogP contribution in [-0.2, 0) is 9.53 Å². The highest BCUT2D eigenvalue weighted by Gasteiger charge is 2.33. The summed E-state index contributed by atoms with van der Waals surface area (Å²) in [5.41, 5.74) is 0.793. The monoisotopic (exact) mass is 294 g/mol. The number of amides is 1. The Balaban J connectivity index is 1.76. The largest absolute Gasteiger partial charge is 0.366 e. The maximum absolute atomic E-state index is 12.1. The zero-order valence-corrected chi connectivity index (χ0v) is 12.1. The van der Waals surface area contributed by atoms with Gasteiger partial charge in [-0.15, -0.1) is 0 Å². The molecule has 0 saturated carbocycles. The quantitative estimate of drug-likeness (QED) is 0.908. The summed E-state index contributed by atoms with van der Waals surface area (Å²) in [4.78, 5) is 13.9. The fourth-order valence-electron chi connectivity index (χ4n) is 3.00. The molecule has 0 radical (unpaired) electrons. The third-order valence-electron chi connectivity index (χ3n) is 4.14. The first-order valence-electron chi connectivity index (χ1n) is 7.13. The topological polar surface area (TPSA) is 41.6 Å². The molecule has 20 heavy (non-hydrogen) atoms. The summed E-state index contributed by atoms with van der Waals surface area (Å²) in [5, 5.41) is 3.97. The Morgan fingerprint density at radius 1 is 1.25 bits per heavy atom. The van der Waals surface area contributed by atoms with Gasteiger partial charge < -0.3 is 15.0 Å². The van der Waals surface area contributed by atoms with E-state index in [4.69, 9.17) is 16.3 Å². The Hall–Kier alpha value is -1.10. The maximum Gasteiger partial charge on any atom is 0.253 e. The van der Waals surface area contributed by atoms with Gasteiger partial charge in [-0.1, -0.05) is 23.7 Å². The molecule has 5 heteroatoms. The fourth-order valence-corrected chi connectivity index (χ4v) is 3.23. The van der Waals surface area contributed by atoms with E-state index in [0.717, 1.165) is 31.6 Å². The van der Waals surface area contributed by atoms with E-state index >= 15 is 0 Å². The number of rotatable bonds is 2. The number of morpholine rings is 1. The third-order valence-corrected chi connectivity index (χ3v) is 4.46. The number of carbonyl (C=O) groups is 1. The number of anilines is 1. The second kappa shape index (κ2) is 6.12. The zero-order chi connectivity index (χ0) is 13.9. The van der Waals surface area contributed by atoms with Gasteiger partial charge in [0.25, 0.3) is 5.91 Å². The van der Waals surface area contributed by atoms with Gasteiger partial charge >= 0.3 is 0 Å². The number of piperidine rings is 1.